The van der Waals surface area contributed by atoms with Crippen molar-refractivity contribution in [1.29, 1.82) is 0 Å². The highest BCUT2D eigenvalue weighted by molar-refractivity contribution is 5.21. The van der Waals surface area contributed by atoms with E-state index < -0.39 is 11.4 Å². The Morgan fingerprint density at radius 1 is 1.05 bits per heavy atom. The maximum atomic E-state index is 10.9. The number of rotatable bonds is 3. The van der Waals surface area contributed by atoms with Gasteiger partial charge in [-0.3, -0.25) is 0 Å². The lowest BCUT2D eigenvalue weighted by Crippen LogP contribution is -2.56. The third kappa shape index (κ3) is 3.47. The van der Waals surface area contributed by atoms with Crippen LogP contribution in [0.1, 0.15) is 51.4 Å². The molecule has 0 bridgehead atoms. The topological polar surface area (TPSA) is 57.2 Å². The fraction of sp³-hybridized carbons (Fsp3) is 0.882. The minimum Gasteiger partial charge on any atom is -0.372 e. The Bertz CT molecular complexity index is 415. The third-order valence-electron chi connectivity index (χ3n) is 4.64. The van der Waals surface area contributed by atoms with Crippen LogP contribution < -0.4 is 0 Å². The first-order valence-corrected chi connectivity index (χ1v) is 8.48. The van der Waals surface area contributed by atoms with Gasteiger partial charge in [0.1, 0.15) is 0 Å². The Morgan fingerprint density at radius 3 is 2.64 bits per heavy atom. The molecule has 0 amide bonds. The van der Waals surface area contributed by atoms with Crippen LogP contribution in [0.2, 0.25) is 0 Å². The second-order valence-corrected chi connectivity index (χ2v) is 6.24. The van der Waals surface area contributed by atoms with Gasteiger partial charge in [-0.1, -0.05) is 11.8 Å². The van der Waals surface area contributed by atoms with E-state index in [-0.39, 0.29) is 6.29 Å². The summed E-state index contributed by atoms with van der Waals surface area (Å²) in [6, 6.07) is 0. The van der Waals surface area contributed by atoms with Crippen molar-refractivity contribution in [2.45, 2.75) is 69.0 Å². The normalized spacial score (nSPS) is 34.3. The summed E-state index contributed by atoms with van der Waals surface area (Å²) in [7, 11) is 0. The molecule has 0 aromatic heterocycles. The zero-order valence-corrected chi connectivity index (χ0v) is 13.1. The van der Waals surface area contributed by atoms with E-state index in [1.54, 1.807) is 0 Å². The lowest BCUT2D eigenvalue weighted by atomic mass is 9.79. The summed E-state index contributed by atoms with van der Waals surface area (Å²) in [6.45, 7) is 2.38. The van der Waals surface area contributed by atoms with Gasteiger partial charge in [0.2, 0.25) is 5.79 Å². The predicted octanol–water partition coefficient (Wildman–Crippen LogP) is 1.97. The molecule has 2 heterocycles. The smallest absolute Gasteiger partial charge is 0.209 e. The van der Waals surface area contributed by atoms with E-state index in [1.165, 1.54) is 0 Å². The Labute approximate surface area is 132 Å². The van der Waals surface area contributed by atoms with Gasteiger partial charge >= 0.3 is 0 Å². The highest BCUT2D eigenvalue weighted by Crippen LogP contribution is 2.43. The van der Waals surface area contributed by atoms with Crippen LogP contribution >= 0.6 is 0 Å². The van der Waals surface area contributed by atoms with Gasteiger partial charge in [0.25, 0.3) is 0 Å². The molecule has 2 saturated heterocycles. The molecule has 2 unspecified atom stereocenters. The molecule has 1 N–H and O–H groups in total. The molecule has 5 nitrogen and oxygen atoms in total. The summed E-state index contributed by atoms with van der Waals surface area (Å²) in [5.74, 6) is 5.14. The fourth-order valence-electron chi connectivity index (χ4n) is 3.42. The van der Waals surface area contributed by atoms with Crippen molar-refractivity contribution in [3.05, 3.63) is 0 Å². The number of hydrogen-bond donors (Lipinski definition) is 1. The van der Waals surface area contributed by atoms with Gasteiger partial charge in [-0.25, -0.2) is 0 Å². The van der Waals surface area contributed by atoms with E-state index in [1.807, 2.05) is 0 Å². The second kappa shape index (κ2) is 7.29. The Morgan fingerprint density at radius 2 is 1.86 bits per heavy atom. The van der Waals surface area contributed by atoms with Gasteiger partial charge < -0.3 is 24.1 Å². The molecule has 1 spiro atoms. The zero-order chi connectivity index (χ0) is 15.3. The van der Waals surface area contributed by atoms with Gasteiger partial charge in [0.05, 0.1) is 19.8 Å². The Kier molecular flexibility index (Phi) is 5.37. The first kappa shape index (κ1) is 16.2. The van der Waals surface area contributed by atoms with E-state index in [4.69, 9.17) is 18.9 Å². The summed E-state index contributed by atoms with van der Waals surface area (Å²) < 4.78 is 22.6. The van der Waals surface area contributed by atoms with Crippen LogP contribution in [0.4, 0.5) is 0 Å². The number of aliphatic hydroxyl groups is 1. The molecule has 3 rings (SSSR count). The van der Waals surface area contributed by atoms with Crippen LogP contribution in [-0.4, -0.2) is 49.2 Å². The fourth-order valence-corrected chi connectivity index (χ4v) is 3.42. The van der Waals surface area contributed by atoms with Crippen molar-refractivity contribution in [3.63, 3.8) is 0 Å². The van der Waals surface area contributed by atoms with E-state index in [0.717, 1.165) is 38.7 Å². The number of hydrogen-bond acceptors (Lipinski definition) is 5. The molecule has 3 fully saturated rings. The van der Waals surface area contributed by atoms with Crippen LogP contribution in [0, 0.1) is 11.8 Å². The molecule has 2 atom stereocenters. The summed E-state index contributed by atoms with van der Waals surface area (Å²) in [4.78, 5) is 0. The zero-order valence-electron chi connectivity index (χ0n) is 13.1. The van der Waals surface area contributed by atoms with E-state index in [9.17, 15) is 5.11 Å². The van der Waals surface area contributed by atoms with Gasteiger partial charge in [-0.2, -0.15) is 0 Å². The molecule has 0 aromatic carbocycles. The molecular weight excluding hydrogens is 284 g/mol. The van der Waals surface area contributed by atoms with Gasteiger partial charge in [0.15, 0.2) is 11.9 Å². The third-order valence-corrected chi connectivity index (χ3v) is 4.64. The summed E-state index contributed by atoms with van der Waals surface area (Å²) >= 11 is 0. The van der Waals surface area contributed by atoms with Crippen LogP contribution in [0.15, 0.2) is 0 Å². The van der Waals surface area contributed by atoms with Crippen molar-refractivity contribution >= 4 is 0 Å². The van der Waals surface area contributed by atoms with Crippen molar-refractivity contribution < 1.29 is 24.1 Å². The average Bonchev–Trinajstić information content (AvgIpc) is 3.02. The largest absolute Gasteiger partial charge is 0.372 e. The quantitative estimate of drug-likeness (QED) is 0.638. The second-order valence-electron chi connectivity index (χ2n) is 6.24. The maximum absolute atomic E-state index is 10.9. The van der Waals surface area contributed by atoms with Gasteiger partial charge in [-0.05, 0) is 38.5 Å². The molecule has 5 heteroatoms. The molecular formula is C17H26O5. The molecule has 0 radical (unpaired) electrons. The first-order valence-electron chi connectivity index (χ1n) is 8.48. The van der Waals surface area contributed by atoms with E-state index >= 15 is 0 Å². The average molecular weight is 310 g/mol. The van der Waals surface area contributed by atoms with Crippen LogP contribution in [0.3, 0.4) is 0 Å². The summed E-state index contributed by atoms with van der Waals surface area (Å²) in [6.07, 6.45) is 7.01. The Hall–Kier alpha value is -0.640. The van der Waals surface area contributed by atoms with Crippen LogP contribution in [-0.2, 0) is 18.9 Å². The molecule has 0 aromatic rings. The lowest BCUT2D eigenvalue weighted by molar-refractivity contribution is -0.263. The van der Waals surface area contributed by atoms with Crippen molar-refractivity contribution in [2.75, 3.05) is 26.4 Å². The van der Waals surface area contributed by atoms with Crippen molar-refractivity contribution in [3.8, 4) is 11.8 Å². The summed E-state index contributed by atoms with van der Waals surface area (Å²) in [5, 5.41) is 10.9. The Balaban J connectivity index is 1.50. The standard InChI is InChI=1S/C17H26O5/c18-16(8-2-3-10-17(16)21-13-14-22-17)9-4-6-12-20-15-7-1-5-11-19-15/h15,18H,1-3,5-8,10-14H2. The highest BCUT2D eigenvalue weighted by atomic mass is 16.7. The molecule has 3 aliphatic rings. The minimum atomic E-state index is -1.19. The minimum absolute atomic E-state index is 0.0823. The SMILES string of the molecule is OC1(C#CCCOC2CCCCO2)CCCCC12OCCO2. The molecule has 22 heavy (non-hydrogen) atoms. The van der Waals surface area contributed by atoms with Crippen molar-refractivity contribution in [2.24, 2.45) is 0 Å². The highest BCUT2D eigenvalue weighted by Gasteiger charge is 2.55. The molecule has 124 valence electrons. The van der Waals surface area contributed by atoms with Crippen LogP contribution in [0.25, 0.3) is 0 Å². The van der Waals surface area contributed by atoms with Gasteiger partial charge in [-0.15, -0.1) is 0 Å². The van der Waals surface area contributed by atoms with Gasteiger partial charge in [0, 0.05) is 19.4 Å². The van der Waals surface area contributed by atoms with E-state index in [2.05, 4.69) is 11.8 Å². The molecule has 1 aliphatic carbocycles. The van der Waals surface area contributed by atoms with Crippen molar-refractivity contribution in [1.82, 2.24) is 0 Å². The maximum Gasteiger partial charge on any atom is 0.209 e. The monoisotopic (exact) mass is 310 g/mol. The lowest BCUT2D eigenvalue weighted by Gasteiger charge is -2.42. The van der Waals surface area contributed by atoms with E-state index in [0.29, 0.717) is 39.1 Å². The number of ether oxygens (including phenoxy) is 4. The van der Waals surface area contributed by atoms with Crippen LogP contribution in [0.5, 0.6) is 0 Å². The first-order chi connectivity index (χ1) is 10.7. The summed E-state index contributed by atoms with van der Waals surface area (Å²) in [5.41, 5.74) is -1.19. The predicted molar refractivity (Wildman–Crippen MR) is 80.0 cm³/mol. The molecule has 2 aliphatic heterocycles. The molecule has 1 saturated carbocycles.